The fraction of sp³-hybridized carbons (Fsp3) is 0.917. The van der Waals surface area contributed by atoms with Crippen molar-refractivity contribution in [1.82, 2.24) is 10.4 Å². The Bertz CT molecular complexity index is 228. The van der Waals surface area contributed by atoms with Crippen LogP contribution in [0.1, 0.15) is 26.7 Å². The monoisotopic (exact) mass is 243 g/mol. The van der Waals surface area contributed by atoms with E-state index >= 15 is 0 Å². The molecular formula is C12H25N3O2. The van der Waals surface area contributed by atoms with Gasteiger partial charge in [0.15, 0.2) is 0 Å². The summed E-state index contributed by atoms with van der Waals surface area (Å²) in [5.74, 6) is 0.943. The molecule has 0 radical (unpaired) electrons. The van der Waals surface area contributed by atoms with Crippen LogP contribution in [0.5, 0.6) is 0 Å². The summed E-state index contributed by atoms with van der Waals surface area (Å²) in [5, 5.41) is 1.93. The average molecular weight is 243 g/mol. The van der Waals surface area contributed by atoms with E-state index in [0.29, 0.717) is 32.1 Å². The number of hydrogen-bond acceptors (Lipinski definition) is 4. The summed E-state index contributed by atoms with van der Waals surface area (Å²) in [7, 11) is 0. The number of hydrogen-bond donors (Lipinski definition) is 2. The molecule has 0 aromatic carbocycles. The van der Waals surface area contributed by atoms with Gasteiger partial charge in [-0.3, -0.25) is 10.2 Å². The summed E-state index contributed by atoms with van der Waals surface area (Å²) in [4.78, 5) is 11.8. The quantitative estimate of drug-likeness (QED) is 0.707. The number of ether oxygens (including phenoxy) is 1. The van der Waals surface area contributed by atoms with E-state index in [1.807, 2.05) is 5.01 Å². The molecule has 1 atom stereocenters. The summed E-state index contributed by atoms with van der Waals surface area (Å²) in [5.41, 5.74) is 8.60. The normalized spacial score (nSPS) is 19.3. The maximum Gasteiger partial charge on any atom is 0.234 e. The molecule has 0 aromatic heterocycles. The number of nitrogens with one attached hydrogen (secondary N) is 1. The SMILES string of the molecule is CC(C)CC(CN)CC(=O)NN1CCOCC1. The van der Waals surface area contributed by atoms with Crippen molar-refractivity contribution >= 4 is 5.91 Å². The van der Waals surface area contributed by atoms with Gasteiger partial charge in [0.1, 0.15) is 0 Å². The molecule has 0 spiro atoms. The van der Waals surface area contributed by atoms with Crippen molar-refractivity contribution in [1.29, 1.82) is 0 Å². The minimum Gasteiger partial charge on any atom is -0.379 e. The fourth-order valence-electron chi connectivity index (χ4n) is 2.09. The number of carbonyl (C=O) groups is 1. The zero-order valence-corrected chi connectivity index (χ0v) is 10.9. The number of rotatable bonds is 6. The molecule has 0 bridgehead atoms. The molecule has 1 heterocycles. The highest BCUT2D eigenvalue weighted by Gasteiger charge is 2.17. The number of carbonyl (C=O) groups excluding carboxylic acids is 1. The highest BCUT2D eigenvalue weighted by Crippen LogP contribution is 2.14. The Morgan fingerprint density at radius 1 is 1.41 bits per heavy atom. The van der Waals surface area contributed by atoms with E-state index in [1.165, 1.54) is 0 Å². The van der Waals surface area contributed by atoms with Crippen LogP contribution in [0.15, 0.2) is 0 Å². The van der Waals surface area contributed by atoms with E-state index in [1.54, 1.807) is 0 Å². The topological polar surface area (TPSA) is 67.6 Å². The summed E-state index contributed by atoms with van der Waals surface area (Å²) >= 11 is 0. The molecule has 1 amide bonds. The van der Waals surface area contributed by atoms with Gasteiger partial charge in [-0.25, -0.2) is 5.01 Å². The van der Waals surface area contributed by atoms with Crippen LogP contribution in [0.2, 0.25) is 0 Å². The average Bonchev–Trinajstić information content (AvgIpc) is 2.28. The second-order valence-electron chi connectivity index (χ2n) is 5.07. The fourth-order valence-corrected chi connectivity index (χ4v) is 2.09. The van der Waals surface area contributed by atoms with Crippen LogP contribution in [-0.4, -0.2) is 43.8 Å². The molecule has 1 aliphatic rings. The molecule has 1 unspecified atom stereocenters. The molecule has 5 heteroatoms. The Morgan fingerprint density at radius 2 is 2.06 bits per heavy atom. The second-order valence-corrected chi connectivity index (χ2v) is 5.07. The van der Waals surface area contributed by atoms with Gasteiger partial charge >= 0.3 is 0 Å². The Kier molecular flexibility index (Phi) is 6.47. The van der Waals surface area contributed by atoms with Gasteiger partial charge in [0.2, 0.25) is 5.91 Å². The smallest absolute Gasteiger partial charge is 0.234 e. The van der Waals surface area contributed by atoms with Crippen molar-refractivity contribution in [3.8, 4) is 0 Å². The molecule has 0 aromatic rings. The van der Waals surface area contributed by atoms with Crippen molar-refractivity contribution in [2.45, 2.75) is 26.7 Å². The Balaban J connectivity index is 2.26. The Morgan fingerprint density at radius 3 is 2.59 bits per heavy atom. The van der Waals surface area contributed by atoms with Crippen LogP contribution in [0.3, 0.4) is 0 Å². The van der Waals surface area contributed by atoms with Gasteiger partial charge in [-0.2, -0.15) is 0 Å². The molecule has 100 valence electrons. The number of amides is 1. The summed E-state index contributed by atoms with van der Waals surface area (Å²) in [6, 6.07) is 0. The number of morpholine rings is 1. The molecular weight excluding hydrogens is 218 g/mol. The lowest BCUT2D eigenvalue weighted by Gasteiger charge is -2.27. The zero-order valence-electron chi connectivity index (χ0n) is 10.9. The molecule has 1 aliphatic heterocycles. The maximum absolute atomic E-state index is 11.8. The first-order valence-electron chi connectivity index (χ1n) is 6.44. The predicted molar refractivity (Wildman–Crippen MR) is 67.2 cm³/mol. The lowest BCUT2D eigenvalue weighted by atomic mass is 9.94. The first-order chi connectivity index (χ1) is 8.11. The highest BCUT2D eigenvalue weighted by molar-refractivity contribution is 5.75. The van der Waals surface area contributed by atoms with Crippen molar-refractivity contribution in [2.24, 2.45) is 17.6 Å². The van der Waals surface area contributed by atoms with E-state index in [2.05, 4.69) is 19.3 Å². The molecule has 1 rings (SSSR count). The minimum absolute atomic E-state index is 0.0722. The lowest BCUT2D eigenvalue weighted by Crippen LogP contribution is -2.48. The molecule has 17 heavy (non-hydrogen) atoms. The van der Waals surface area contributed by atoms with Crippen LogP contribution in [0.25, 0.3) is 0 Å². The maximum atomic E-state index is 11.8. The molecule has 5 nitrogen and oxygen atoms in total. The van der Waals surface area contributed by atoms with Gasteiger partial charge in [-0.05, 0) is 24.8 Å². The van der Waals surface area contributed by atoms with Crippen LogP contribution in [0.4, 0.5) is 0 Å². The van der Waals surface area contributed by atoms with Crippen LogP contribution in [-0.2, 0) is 9.53 Å². The Hall–Kier alpha value is -0.650. The number of nitrogens with zero attached hydrogens (tertiary/aromatic N) is 1. The molecule has 0 aliphatic carbocycles. The lowest BCUT2D eigenvalue weighted by molar-refractivity contribution is -0.129. The van der Waals surface area contributed by atoms with Gasteiger partial charge in [0.05, 0.1) is 13.2 Å². The number of hydrazine groups is 1. The van der Waals surface area contributed by atoms with Crippen LogP contribution >= 0.6 is 0 Å². The van der Waals surface area contributed by atoms with E-state index < -0.39 is 0 Å². The first kappa shape index (κ1) is 14.4. The molecule has 3 N–H and O–H groups in total. The molecule has 1 fully saturated rings. The summed E-state index contributed by atoms with van der Waals surface area (Å²) in [6.07, 6.45) is 1.53. The van der Waals surface area contributed by atoms with Crippen molar-refractivity contribution < 1.29 is 9.53 Å². The van der Waals surface area contributed by atoms with Gasteiger partial charge in [-0.1, -0.05) is 13.8 Å². The zero-order chi connectivity index (χ0) is 12.7. The Labute approximate surface area is 104 Å². The van der Waals surface area contributed by atoms with Gasteiger partial charge in [-0.15, -0.1) is 0 Å². The third-order valence-corrected chi connectivity index (χ3v) is 2.91. The summed E-state index contributed by atoms with van der Waals surface area (Å²) < 4.78 is 5.22. The van der Waals surface area contributed by atoms with Crippen molar-refractivity contribution in [2.75, 3.05) is 32.8 Å². The molecule has 0 saturated carbocycles. The van der Waals surface area contributed by atoms with E-state index in [-0.39, 0.29) is 11.8 Å². The summed E-state index contributed by atoms with van der Waals surface area (Å²) in [6.45, 7) is 7.80. The van der Waals surface area contributed by atoms with E-state index in [9.17, 15) is 4.79 Å². The minimum atomic E-state index is 0.0722. The number of nitrogens with two attached hydrogens (primary N) is 1. The first-order valence-corrected chi connectivity index (χ1v) is 6.44. The van der Waals surface area contributed by atoms with Crippen molar-refractivity contribution in [3.63, 3.8) is 0 Å². The van der Waals surface area contributed by atoms with E-state index in [4.69, 9.17) is 10.5 Å². The molecule has 1 saturated heterocycles. The van der Waals surface area contributed by atoms with Crippen molar-refractivity contribution in [3.05, 3.63) is 0 Å². The van der Waals surface area contributed by atoms with Crippen LogP contribution < -0.4 is 11.2 Å². The van der Waals surface area contributed by atoms with Gasteiger partial charge in [0, 0.05) is 19.5 Å². The third-order valence-electron chi connectivity index (χ3n) is 2.91. The second kappa shape index (κ2) is 7.63. The largest absolute Gasteiger partial charge is 0.379 e. The van der Waals surface area contributed by atoms with Gasteiger partial charge < -0.3 is 10.5 Å². The highest BCUT2D eigenvalue weighted by atomic mass is 16.5. The standard InChI is InChI=1S/C12H25N3O2/c1-10(2)7-11(9-13)8-12(16)14-15-3-5-17-6-4-15/h10-11H,3-9,13H2,1-2H3,(H,14,16). The predicted octanol–water partition coefficient (Wildman–Crippen LogP) is 0.361. The van der Waals surface area contributed by atoms with E-state index in [0.717, 1.165) is 19.5 Å². The van der Waals surface area contributed by atoms with Crippen LogP contribution in [0, 0.1) is 11.8 Å². The third kappa shape index (κ3) is 6.00. The van der Waals surface area contributed by atoms with Gasteiger partial charge in [0.25, 0.3) is 0 Å².